The number of benzene rings is 2. The lowest BCUT2D eigenvalue weighted by atomic mass is 9.98. The van der Waals surface area contributed by atoms with Gasteiger partial charge < -0.3 is 25.2 Å². The van der Waals surface area contributed by atoms with Gasteiger partial charge in [0.25, 0.3) is 5.91 Å². The van der Waals surface area contributed by atoms with E-state index in [2.05, 4.69) is 33.8 Å². The largest absolute Gasteiger partial charge is 0.473 e. The Bertz CT molecular complexity index is 1810. The number of para-hydroxylation sites is 1. The molecule has 0 bridgehead atoms. The quantitative estimate of drug-likeness (QED) is 0.142. The van der Waals surface area contributed by atoms with Gasteiger partial charge in [-0.15, -0.1) is 0 Å². The van der Waals surface area contributed by atoms with Crippen molar-refractivity contribution in [2.45, 2.75) is 25.4 Å². The van der Waals surface area contributed by atoms with Crippen LogP contribution in [0.15, 0.2) is 79.0 Å². The van der Waals surface area contributed by atoms with Crippen LogP contribution in [0.25, 0.3) is 11.6 Å². The molecule has 0 spiro atoms. The van der Waals surface area contributed by atoms with Crippen molar-refractivity contribution in [3.8, 4) is 17.6 Å². The third-order valence-electron chi connectivity index (χ3n) is 8.35. The fourth-order valence-corrected chi connectivity index (χ4v) is 6.92. The van der Waals surface area contributed by atoms with Crippen molar-refractivity contribution < 1.29 is 32.8 Å². The molecule has 3 aromatic rings. The first-order valence-electron chi connectivity index (χ1n) is 15.2. The molecule has 2 amide bonds. The minimum absolute atomic E-state index is 0.0935. The average molecular weight is 656 g/mol. The van der Waals surface area contributed by atoms with Crippen LogP contribution in [0.2, 0.25) is 0 Å². The molecule has 6 rings (SSSR count). The van der Waals surface area contributed by atoms with E-state index in [4.69, 9.17) is 19.0 Å². The summed E-state index contributed by atoms with van der Waals surface area (Å²) >= 11 is 0. The van der Waals surface area contributed by atoms with Gasteiger partial charge in [-0.2, -0.15) is 5.26 Å². The zero-order valence-corrected chi connectivity index (χ0v) is 26.6. The summed E-state index contributed by atoms with van der Waals surface area (Å²) in [7, 11) is -4.62. The van der Waals surface area contributed by atoms with Crippen molar-refractivity contribution in [1.82, 2.24) is 9.88 Å². The van der Waals surface area contributed by atoms with Crippen LogP contribution in [0.1, 0.15) is 30.9 Å². The fraction of sp³-hybridized carbons (Fsp3) is 0.294. The summed E-state index contributed by atoms with van der Waals surface area (Å²) in [5, 5.41) is 14.2. The van der Waals surface area contributed by atoms with Crippen LogP contribution in [-0.2, 0) is 23.2 Å². The van der Waals surface area contributed by atoms with Gasteiger partial charge in [0, 0.05) is 25.4 Å². The number of amides is 2. The summed E-state index contributed by atoms with van der Waals surface area (Å²) in [4.78, 5) is 42.2. The van der Waals surface area contributed by atoms with Crippen LogP contribution in [-0.4, -0.2) is 58.4 Å². The summed E-state index contributed by atoms with van der Waals surface area (Å²) in [6.07, 6.45) is 7.78. The van der Waals surface area contributed by atoms with Crippen LogP contribution in [0, 0.1) is 23.2 Å². The fourth-order valence-electron chi connectivity index (χ4n) is 5.89. The van der Waals surface area contributed by atoms with Gasteiger partial charge in [-0.05, 0) is 78.3 Å². The van der Waals surface area contributed by atoms with E-state index in [0.29, 0.717) is 36.2 Å². The Labute approximate surface area is 272 Å². The Morgan fingerprint density at radius 1 is 1.19 bits per heavy atom. The highest BCUT2D eigenvalue weighted by Gasteiger charge is 2.44. The minimum atomic E-state index is -4.62. The number of likely N-dealkylation sites (tertiary alicyclic amines) is 1. The second-order valence-electron chi connectivity index (χ2n) is 11.8. The molecule has 1 saturated heterocycles. The lowest BCUT2D eigenvalue weighted by Crippen LogP contribution is -2.46. The smallest absolute Gasteiger partial charge is 0.457 e. The maximum atomic E-state index is 13.1. The predicted molar refractivity (Wildman–Crippen MR) is 175 cm³/mol. The monoisotopic (exact) mass is 655 g/mol. The van der Waals surface area contributed by atoms with Crippen molar-refractivity contribution in [2.24, 2.45) is 11.8 Å². The molecular formula is C34H34N5O7P. The number of rotatable bonds is 10. The van der Waals surface area contributed by atoms with E-state index in [1.165, 1.54) is 30.3 Å². The number of hydrogen-bond donors (Lipinski definition) is 3. The number of ether oxygens (including phenoxy) is 1. The zero-order valence-electron chi connectivity index (χ0n) is 25.7. The van der Waals surface area contributed by atoms with Gasteiger partial charge in [-0.25, -0.2) is 9.55 Å². The van der Waals surface area contributed by atoms with E-state index in [1.54, 1.807) is 18.2 Å². The number of allylic oxidation sites excluding steroid dienone is 1. The highest BCUT2D eigenvalue weighted by Crippen LogP contribution is 2.48. The lowest BCUT2D eigenvalue weighted by molar-refractivity contribution is -0.130. The Hall–Kier alpha value is -4.79. The summed E-state index contributed by atoms with van der Waals surface area (Å²) in [5.41, 5.74) is 1.76. The number of phosphoric acid groups is 1. The van der Waals surface area contributed by atoms with Crippen LogP contribution >= 0.6 is 7.82 Å². The Kier molecular flexibility index (Phi) is 9.25. The highest BCUT2D eigenvalue weighted by atomic mass is 31.2. The number of fused-ring (bicyclic) bond motifs is 2. The average Bonchev–Trinajstić information content (AvgIpc) is 3.61. The molecule has 4 atom stereocenters. The molecule has 2 aliphatic heterocycles. The third kappa shape index (κ3) is 7.62. The standard InChI is InChI=1S/C34H34N5O7P/c1-34(46-47(42,43)44-15-5-14-35)22-37-30-16-23(19-36-32(30)38-33(34)41)8-13-31(40)39-20-26-17-25(18-27(26)21-39)24-9-11-29(12-10-24)45-28-6-3-2-4-7-28/h2-4,6-13,16-17,19,26-27,37H,5,15,18,20-22H2,1H3,(H,42,43)(H,36,38,41)/b13-8+/t26-,27+,34+/m0/s1. The van der Waals surface area contributed by atoms with Gasteiger partial charge in [0.05, 0.1) is 31.3 Å². The molecule has 1 fully saturated rings. The number of nitrogens with zero attached hydrogens (tertiary/aromatic N) is 3. The molecule has 3 aliphatic rings. The number of carbonyl (C=O) groups is 2. The number of anilines is 2. The number of phosphoric ester groups is 1. The van der Waals surface area contributed by atoms with Crippen molar-refractivity contribution >= 4 is 42.8 Å². The maximum Gasteiger partial charge on any atom is 0.473 e. The molecule has 1 aromatic heterocycles. The van der Waals surface area contributed by atoms with Gasteiger partial charge in [-0.1, -0.05) is 36.4 Å². The first-order chi connectivity index (χ1) is 22.6. The molecule has 1 unspecified atom stereocenters. The second-order valence-corrected chi connectivity index (χ2v) is 13.2. The van der Waals surface area contributed by atoms with E-state index in [9.17, 15) is 19.0 Å². The summed E-state index contributed by atoms with van der Waals surface area (Å²) in [6, 6.07) is 21.3. The third-order valence-corrected chi connectivity index (χ3v) is 9.49. The topological polar surface area (TPSA) is 163 Å². The number of nitrogens with one attached hydrogen (secondary N) is 2. The van der Waals surface area contributed by atoms with Crippen LogP contribution in [0.5, 0.6) is 11.5 Å². The van der Waals surface area contributed by atoms with Crippen molar-refractivity contribution in [2.75, 3.05) is 36.9 Å². The predicted octanol–water partition coefficient (Wildman–Crippen LogP) is 5.62. The van der Waals surface area contributed by atoms with Crippen LogP contribution < -0.4 is 15.4 Å². The second kappa shape index (κ2) is 13.5. The van der Waals surface area contributed by atoms with Gasteiger partial charge in [-0.3, -0.25) is 18.6 Å². The van der Waals surface area contributed by atoms with Gasteiger partial charge in [0.15, 0.2) is 11.4 Å². The number of nitriles is 1. The SMILES string of the molecule is C[C@@]1(OP(=O)(O)OCCC#N)CNc2cc(/C=C/C(=O)N3C[C@H]4CC(c5ccc(Oc6ccccc6)cc5)=C[C@H]4C3)cnc2NC1=O. The molecule has 47 heavy (non-hydrogen) atoms. The molecule has 2 aromatic carbocycles. The molecule has 1 aliphatic carbocycles. The molecular weight excluding hydrogens is 621 g/mol. The van der Waals surface area contributed by atoms with Crippen molar-refractivity contribution in [3.63, 3.8) is 0 Å². The van der Waals surface area contributed by atoms with E-state index >= 15 is 0 Å². The Morgan fingerprint density at radius 2 is 1.96 bits per heavy atom. The summed E-state index contributed by atoms with van der Waals surface area (Å²) < 4.78 is 28.2. The van der Waals surface area contributed by atoms with Crippen molar-refractivity contribution in [3.05, 3.63) is 90.1 Å². The number of carbonyl (C=O) groups excluding carboxylic acids is 2. The molecule has 242 valence electrons. The minimum Gasteiger partial charge on any atom is -0.457 e. The zero-order chi connectivity index (χ0) is 33.0. The Morgan fingerprint density at radius 3 is 2.70 bits per heavy atom. The van der Waals surface area contributed by atoms with Gasteiger partial charge in [0.2, 0.25) is 5.91 Å². The van der Waals surface area contributed by atoms with Crippen LogP contribution in [0.4, 0.5) is 11.5 Å². The number of aromatic nitrogens is 1. The van der Waals surface area contributed by atoms with E-state index in [-0.39, 0.29) is 31.3 Å². The molecule has 13 heteroatoms. The Balaban J connectivity index is 1.03. The molecule has 3 heterocycles. The normalized spacial score (nSPS) is 23.0. The van der Waals surface area contributed by atoms with E-state index < -0.39 is 19.3 Å². The first kappa shape index (κ1) is 32.2. The molecule has 12 nitrogen and oxygen atoms in total. The number of pyridine rings is 1. The van der Waals surface area contributed by atoms with E-state index in [0.717, 1.165) is 17.9 Å². The summed E-state index contributed by atoms with van der Waals surface area (Å²) in [5.74, 6) is 1.66. The van der Waals surface area contributed by atoms with Gasteiger partial charge >= 0.3 is 7.82 Å². The maximum absolute atomic E-state index is 13.1. The van der Waals surface area contributed by atoms with Gasteiger partial charge in [0.1, 0.15) is 11.5 Å². The molecule has 3 N–H and O–H groups in total. The van der Waals surface area contributed by atoms with Crippen molar-refractivity contribution in [1.29, 1.82) is 5.26 Å². The van der Waals surface area contributed by atoms with E-state index in [1.807, 2.05) is 47.4 Å². The van der Waals surface area contributed by atoms with Crippen LogP contribution in [0.3, 0.4) is 0 Å². The molecule has 0 radical (unpaired) electrons. The lowest BCUT2D eigenvalue weighted by Gasteiger charge is -2.27. The number of hydrogen-bond acceptors (Lipinski definition) is 9. The molecule has 0 saturated carbocycles. The summed E-state index contributed by atoms with van der Waals surface area (Å²) in [6.45, 7) is 2.19. The first-order valence-corrected chi connectivity index (χ1v) is 16.7. The highest BCUT2D eigenvalue weighted by molar-refractivity contribution is 7.47.